The van der Waals surface area contributed by atoms with Crippen LogP contribution in [0, 0.1) is 13.8 Å². The number of aryl methyl sites for hydroxylation is 2. The third kappa shape index (κ3) is 2.66. The average Bonchev–Trinajstić information content (AvgIpc) is 3.14. The third-order valence-electron chi connectivity index (χ3n) is 5.09. The standard InChI is InChI=1S/C19H19N3O5S/c1-9-13(28-8-22-9)5-26-12-4-3-11-15(14(17(20)23)10(2)27-11)16(12)19(18(21)24)6-25-7-19/h3-4,8H,5-7H2,1-2H3,(H2,20,23)(H2,21,24). The second kappa shape index (κ2) is 6.61. The number of amides is 2. The molecule has 28 heavy (non-hydrogen) atoms. The summed E-state index contributed by atoms with van der Waals surface area (Å²) in [5.41, 5.74) is 14.0. The first-order valence-corrected chi connectivity index (χ1v) is 9.49. The number of hydrogen-bond donors (Lipinski definition) is 2. The number of hydrogen-bond acceptors (Lipinski definition) is 7. The molecule has 2 amide bonds. The van der Waals surface area contributed by atoms with Crippen LogP contribution in [0.2, 0.25) is 0 Å². The number of rotatable bonds is 6. The Kier molecular flexibility index (Phi) is 4.35. The van der Waals surface area contributed by atoms with Gasteiger partial charge in [-0.2, -0.15) is 0 Å². The largest absolute Gasteiger partial charge is 0.488 e. The Labute approximate surface area is 164 Å². The van der Waals surface area contributed by atoms with Gasteiger partial charge in [0.2, 0.25) is 5.91 Å². The van der Waals surface area contributed by atoms with E-state index in [9.17, 15) is 9.59 Å². The summed E-state index contributed by atoms with van der Waals surface area (Å²) in [6.45, 7) is 4.01. The van der Waals surface area contributed by atoms with Crippen LogP contribution in [-0.4, -0.2) is 30.0 Å². The van der Waals surface area contributed by atoms with Gasteiger partial charge in [0.25, 0.3) is 5.91 Å². The average molecular weight is 401 g/mol. The summed E-state index contributed by atoms with van der Waals surface area (Å²) in [4.78, 5) is 29.7. The van der Waals surface area contributed by atoms with Crippen LogP contribution in [0.15, 0.2) is 22.1 Å². The summed E-state index contributed by atoms with van der Waals surface area (Å²) in [5.74, 6) is -0.392. The fraction of sp³-hybridized carbons (Fsp3) is 0.316. The number of aromatic nitrogens is 1. The zero-order chi connectivity index (χ0) is 20.1. The molecule has 0 saturated carbocycles. The van der Waals surface area contributed by atoms with Crippen molar-refractivity contribution < 1.29 is 23.5 Å². The number of nitrogens with two attached hydrogens (primary N) is 2. The minimum absolute atomic E-state index is 0.0970. The van der Waals surface area contributed by atoms with Gasteiger partial charge in [0.05, 0.1) is 34.9 Å². The highest BCUT2D eigenvalue weighted by molar-refractivity contribution is 7.09. The zero-order valence-electron chi connectivity index (χ0n) is 15.4. The molecule has 146 valence electrons. The molecule has 1 aromatic carbocycles. The summed E-state index contributed by atoms with van der Waals surface area (Å²) in [6, 6.07) is 3.41. The molecule has 3 aromatic rings. The highest BCUT2D eigenvalue weighted by Gasteiger charge is 2.50. The molecule has 0 radical (unpaired) electrons. The Balaban J connectivity index is 1.93. The summed E-state index contributed by atoms with van der Waals surface area (Å²) >= 11 is 1.48. The number of carbonyl (C=O) groups excluding carboxylic acids is 2. The second-order valence-electron chi connectivity index (χ2n) is 6.80. The van der Waals surface area contributed by atoms with Crippen molar-refractivity contribution in [1.82, 2.24) is 4.98 Å². The van der Waals surface area contributed by atoms with Crippen LogP contribution < -0.4 is 16.2 Å². The van der Waals surface area contributed by atoms with Gasteiger partial charge >= 0.3 is 0 Å². The fourth-order valence-corrected chi connectivity index (χ4v) is 4.19. The number of fused-ring (bicyclic) bond motifs is 1. The Morgan fingerprint density at radius 1 is 1.29 bits per heavy atom. The van der Waals surface area contributed by atoms with Crippen LogP contribution in [0.25, 0.3) is 11.0 Å². The molecule has 3 heterocycles. The summed E-state index contributed by atoms with van der Waals surface area (Å²) in [7, 11) is 0. The quantitative estimate of drug-likeness (QED) is 0.649. The number of furan rings is 1. The maximum atomic E-state index is 12.4. The predicted octanol–water partition coefficient (Wildman–Crippen LogP) is 1.94. The monoisotopic (exact) mass is 401 g/mol. The molecule has 1 fully saturated rings. The Hall–Kier alpha value is -2.91. The SMILES string of the molecule is Cc1ncsc1COc1ccc2oc(C)c(C(N)=O)c2c1C1(C(N)=O)COC1. The molecule has 0 aliphatic carbocycles. The van der Waals surface area contributed by atoms with E-state index in [4.69, 9.17) is 25.4 Å². The first kappa shape index (κ1) is 18.5. The van der Waals surface area contributed by atoms with E-state index in [0.29, 0.717) is 28.0 Å². The van der Waals surface area contributed by atoms with E-state index in [1.54, 1.807) is 24.6 Å². The van der Waals surface area contributed by atoms with Gasteiger partial charge in [0, 0.05) is 10.9 Å². The summed E-state index contributed by atoms with van der Waals surface area (Å²) in [6.07, 6.45) is 0. The van der Waals surface area contributed by atoms with Crippen LogP contribution >= 0.6 is 11.3 Å². The van der Waals surface area contributed by atoms with Crippen molar-refractivity contribution in [2.45, 2.75) is 25.9 Å². The number of ether oxygens (including phenoxy) is 2. The lowest BCUT2D eigenvalue weighted by Gasteiger charge is -2.40. The predicted molar refractivity (Wildman–Crippen MR) is 102 cm³/mol. The molecule has 1 aliphatic heterocycles. The van der Waals surface area contributed by atoms with Gasteiger partial charge in [-0.25, -0.2) is 4.98 Å². The molecular weight excluding hydrogens is 382 g/mol. The highest BCUT2D eigenvalue weighted by Crippen LogP contribution is 2.45. The van der Waals surface area contributed by atoms with E-state index in [0.717, 1.165) is 10.6 Å². The lowest BCUT2D eigenvalue weighted by molar-refractivity contribution is -0.141. The molecule has 0 unspecified atom stereocenters. The smallest absolute Gasteiger partial charge is 0.252 e. The molecule has 8 nitrogen and oxygen atoms in total. The number of primary amides is 2. The Morgan fingerprint density at radius 3 is 2.57 bits per heavy atom. The number of thiazole rings is 1. The van der Waals surface area contributed by atoms with Crippen molar-refractivity contribution in [3.05, 3.63) is 45.1 Å². The van der Waals surface area contributed by atoms with Gasteiger partial charge in [-0.1, -0.05) is 0 Å². The molecule has 0 atom stereocenters. The van der Waals surface area contributed by atoms with E-state index in [1.807, 2.05) is 6.92 Å². The first-order chi connectivity index (χ1) is 13.3. The van der Waals surface area contributed by atoms with Crippen molar-refractivity contribution in [1.29, 1.82) is 0 Å². The molecule has 4 N–H and O–H groups in total. The van der Waals surface area contributed by atoms with Crippen LogP contribution in [0.1, 0.15) is 32.3 Å². The van der Waals surface area contributed by atoms with Crippen LogP contribution in [0.5, 0.6) is 5.75 Å². The third-order valence-corrected chi connectivity index (χ3v) is 6.00. The second-order valence-corrected chi connectivity index (χ2v) is 7.74. The van der Waals surface area contributed by atoms with Gasteiger partial charge < -0.3 is 25.4 Å². The number of benzene rings is 1. The molecular formula is C19H19N3O5S. The van der Waals surface area contributed by atoms with Gasteiger partial charge in [0.1, 0.15) is 29.1 Å². The minimum atomic E-state index is -1.11. The fourth-order valence-electron chi connectivity index (χ4n) is 3.51. The molecule has 0 bridgehead atoms. The van der Waals surface area contributed by atoms with Gasteiger partial charge in [0.15, 0.2) is 0 Å². The van der Waals surface area contributed by atoms with Crippen molar-refractivity contribution >= 4 is 34.1 Å². The van der Waals surface area contributed by atoms with Crippen molar-refractivity contribution in [2.24, 2.45) is 11.5 Å². The topological polar surface area (TPSA) is 131 Å². The summed E-state index contributed by atoms with van der Waals surface area (Å²) < 4.78 is 17.1. The maximum Gasteiger partial charge on any atom is 0.252 e. The van der Waals surface area contributed by atoms with Crippen molar-refractivity contribution in [3.8, 4) is 5.75 Å². The van der Waals surface area contributed by atoms with Crippen LogP contribution in [0.4, 0.5) is 0 Å². The van der Waals surface area contributed by atoms with Crippen LogP contribution in [-0.2, 0) is 21.6 Å². The van der Waals surface area contributed by atoms with Gasteiger partial charge in [-0.3, -0.25) is 9.59 Å². The number of nitrogens with zero attached hydrogens (tertiary/aromatic N) is 1. The minimum Gasteiger partial charge on any atom is -0.488 e. The highest BCUT2D eigenvalue weighted by atomic mass is 32.1. The lowest BCUT2D eigenvalue weighted by Crippen LogP contribution is -2.56. The first-order valence-electron chi connectivity index (χ1n) is 8.61. The van der Waals surface area contributed by atoms with E-state index in [-0.39, 0.29) is 25.4 Å². The van der Waals surface area contributed by atoms with E-state index >= 15 is 0 Å². The normalized spacial score (nSPS) is 15.4. The van der Waals surface area contributed by atoms with Crippen molar-refractivity contribution in [2.75, 3.05) is 13.2 Å². The Bertz CT molecular complexity index is 1100. The van der Waals surface area contributed by atoms with E-state index < -0.39 is 17.2 Å². The van der Waals surface area contributed by atoms with Crippen molar-refractivity contribution in [3.63, 3.8) is 0 Å². The maximum absolute atomic E-state index is 12.4. The molecule has 2 aromatic heterocycles. The van der Waals surface area contributed by atoms with Gasteiger partial charge in [-0.05, 0) is 26.0 Å². The van der Waals surface area contributed by atoms with E-state index in [1.165, 1.54) is 11.3 Å². The summed E-state index contributed by atoms with van der Waals surface area (Å²) in [5, 5.41) is 0.450. The number of carbonyl (C=O) groups is 2. The molecule has 9 heteroatoms. The molecule has 1 aliphatic rings. The van der Waals surface area contributed by atoms with Crippen LogP contribution in [0.3, 0.4) is 0 Å². The zero-order valence-corrected chi connectivity index (χ0v) is 16.2. The molecule has 4 rings (SSSR count). The van der Waals surface area contributed by atoms with Gasteiger partial charge in [-0.15, -0.1) is 11.3 Å². The molecule has 0 spiro atoms. The lowest BCUT2D eigenvalue weighted by atomic mass is 9.75. The molecule has 1 saturated heterocycles. The Morgan fingerprint density at radius 2 is 2.04 bits per heavy atom. The van der Waals surface area contributed by atoms with E-state index in [2.05, 4.69) is 4.98 Å².